The first kappa shape index (κ1) is 17.8. The van der Waals surface area contributed by atoms with Crippen LogP contribution in [0.3, 0.4) is 0 Å². The maximum Gasteiger partial charge on any atom is 0.283 e. The Bertz CT molecular complexity index is 489. The Morgan fingerprint density at radius 3 is 2.58 bits per heavy atom. The maximum atomic E-state index is 11.8. The number of hydrogen-bond donors (Lipinski definition) is 2. The van der Waals surface area contributed by atoms with Crippen LogP contribution in [0.2, 0.25) is 0 Å². The molecule has 0 radical (unpaired) electrons. The van der Waals surface area contributed by atoms with Gasteiger partial charge in [-0.15, -0.1) is 12.4 Å². The molecule has 0 heterocycles. The van der Waals surface area contributed by atoms with E-state index >= 15 is 0 Å². The van der Waals surface area contributed by atoms with Crippen LogP contribution >= 0.6 is 28.3 Å². The Kier molecular flexibility index (Phi) is 6.41. The van der Waals surface area contributed by atoms with Gasteiger partial charge in [0.25, 0.3) is 11.6 Å². The van der Waals surface area contributed by atoms with E-state index in [2.05, 4.69) is 21.2 Å². The van der Waals surface area contributed by atoms with Crippen LogP contribution in [0.4, 0.5) is 5.69 Å². The van der Waals surface area contributed by atoms with Gasteiger partial charge in [-0.3, -0.25) is 14.9 Å². The van der Waals surface area contributed by atoms with Crippen molar-refractivity contribution in [2.24, 2.45) is 5.73 Å². The van der Waals surface area contributed by atoms with Gasteiger partial charge in [0.05, 0.1) is 4.92 Å². The van der Waals surface area contributed by atoms with Gasteiger partial charge in [0.2, 0.25) is 0 Å². The second kappa shape index (κ2) is 6.83. The van der Waals surface area contributed by atoms with E-state index in [-0.39, 0.29) is 30.2 Å². The van der Waals surface area contributed by atoms with Gasteiger partial charge < -0.3 is 11.1 Å². The molecule has 0 saturated heterocycles. The normalized spacial score (nSPS) is 10.5. The number of nitrogens with two attached hydrogens (primary N) is 1. The summed E-state index contributed by atoms with van der Waals surface area (Å²) < 4.78 is 0.546. The minimum atomic E-state index is -0.590. The summed E-state index contributed by atoms with van der Waals surface area (Å²) in [6.07, 6.45) is 0. The van der Waals surface area contributed by atoms with Crippen molar-refractivity contribution in [2.45, 2.75) is 19.4 Å². The lowest BCUT2D eigenvalue weighted by Gasteiger charge is -2.18. The predicted octanol–water partition coefficient (Wildman–Crippen LogP) is 2.25. The molecule has 0 aliphatic carbocycles. The van der Waals surface area contributed by atoms with Crippen LogP contribution in [0.15, 0.2) is 22.7 Å². The lowest BCUT2D eigenvalue weighted by atomic mass is 10.1. The summed E-state index contributed by atoms with van der Waals surface area (Å²) >= 11 is 3.13. The first-order chi connectivity index (χ1) is 8.20. The van der Waals surface area contributed by atoms with Crippen molar-refractivity contribution in [1.29, 1.82) is 0 Å². The molecule has 0 fully saturated rings. The van der Waals surface area contributed by atoms with E-state index < -0.39 is 16.4 Å². The summed E-state index contributed by atoms with van der Waals surface area (Å²) in [5.74, 6) is -0.507. The van der Waals surface area contributed by atoms with Crippen molar-refractivity contribution in [3.63, 3.8) is 0 Å². The average Bonchev–Trinajstić information content (AvgIpc) is 2.24. The van der Waals surface area contributed by atoms with Crippen LogP contribution in [0, 0.1) is 10.1 Å². The molecule has 3 N–H and O–H groups in total. The van der Waals surface area contributed by atoms with Gasteiger partial charge in [-0.05, 0) is 26.0 Å². The standard InChI is InChI=1S/C11H14BrN3O3.ClH/c1-11(2,13)6-14-10(16)8-4-3-7(12)5-9(8)15(17)18;/h3-5H,6,13H2,1-2H3,(H,14,16);1H. The Morgan fingerprint density at radius 1 is 1.53 bits per heavy atom. The van der Waals surface area contributed by atoms with E-state index in [1.807, 2.05) is 0 Å². The van der Waals surface area contributed by atoms with Crippen molar-refractivity contribution in [3.05, 3.63) is 38.3 Å². The second-order valence-corrected chi connectivity index (χ2v) is 5.51. The minimum absolute atomic E-state index is 0. The second-order valence-electron chi connectivity index (χ2n) is 4.59. The van der Waals surface area contributed by atoms with Gasteiger partial charge in [0, 0.05) is 22.6 Å². The van der Waals surface area contributed by atoms with Crippen molar-refractivity contribution in [3.8, 4) is 0 Å². The van der Waals surface area contributed by atoms with Crippen LogP contribution in [0.5, 0.6) is 0 Å². The molecule has 1 amide bonds. The molecule has 0 spiro atoms. The van der Waals surface area contributed by atoms with Gasteiger partial charge in [-0.2, -0.15) is 0 Å². The zero-order valence-electron chi connectivity index (χ0n) is 10.5. The number of halogens is 2. The maximum absolute atomic E-state index is 11.8. The van der Waals surface area contributed by atoms with E-state index in [0.717, 1.165) is 0 Å². The number of nitrogens with one attached hydrogen (secondary N) is 1. The Morgan fingerprint density at radius 2 is 2.11 bits per heavy atom. The highest BCUT2D eigenvalue weighted by Gasteiger charge is 2.21. The lowest BCUT2D eigenvalue weighted by Crippen LogP contribution is -2.45. The van der Waals surface area contributed by atoms with Gasteiger partial charge in [0.1, 0.15) is 5.56 Å². The topological polar surface area (TPSA) is 98.3 Å². The molecule has 0 aliphatic rings. The fraction of sp³-hybridized carbons (Fsp3) is 0.364. The number of nitro groups is 1. The Balaban J connectivity index is 0.00000324. The molecule has 106 valence electrons. The van der Waals surface area contributed by atoms with E-state index in [1.165, 1.54) is 12.1 Å². The zero-order chi connectivity index (χ0) is 13.9. The van der Waals surface area contributed by atoms with Crippen molar-refractivity contribution in [2.75, 3.05) is 6.54 Å². The van der Waals surface area contributed by atoms with Gasteiger partial charge in [0.15, 0.2) is 0 Å². The molecule has 1 aromatic rings. The van der Waals surface area contributed by atoms with Crippen LogP contribution < -0.4 is 11.1 Å². The number of benzene rings is 1. The van der Waals surface area contributed by atoms with Crippen molar-refractivity contribution in [1.82, 2.24) is 5.32 Å². The monoisotopic (exact) mass is 351 g/mol. The molecular weight excluding hydrogens is 337 g/mol. The molecule has 0 bridgehead atoms. The molecule has 0 atom stereocenters. The minimum Gasteiger partial charge on any atom is -0.350 e. The summed E-state index contributed by atoms with van der Waals surface area (Å²) in [5, 5.41) is 13.4. The van der Waals surface area contributed by atoms with Gasteiger partial charge in [-0.1, -0.05) is 15.9 Å². The molecule has 19 heavy (non-hydrogen) atoms. The highest BCUT2D eigenvalue weighted by atomic mass is 79.9. The molecule has 0 unspecified atom stereocenters. The third-order valence-corrected chi connectivity index (χ3v) is 2.60. The third kappa shape index (κ3) is 5.54. The van der Waals surface area contributed by atoms with E-state index in [9.17, 15) is 14.9 Å². The number of nitro benzene ring substituents is 1. The molecule has 6 nitrogen and oxygen atoms in total. The zero-order valence-corrected chi connectivity index (χ0v) is 12.9. The highest BCUT2D eigenvalue weighted by Crippen LogP contribution is 2.23. The molecule has 1 rings (SSSR count). The van der Waals surface area contributed by atoms with Crippen LogP contribution in [-0.2, 0) is 0 Å². The smallest absolute Gasteiger partial charge is 0.283 e. The molecule has 1 aromatic carbocycles. The number of nitrogens with zero attached hydrogens (tertiary/aromatic N) is 1. The summed E-state index contributed by atoms with van der Waals surface area (Å²) in [6, 6.07) is 4.28. The highest BCUT2D eigenvalue weighted by molar-refractivity contribution is 9.10. The number of rotatable bonds is 4. The first-order valence-electron chi connectivity index (χ1n) is 5.22. The van der Waals surface area contributed by atoms with E-state index in [1.54, 1.807) is 19.9 Å². The van der Waals surface area contributed by atoms with E-state index in [4.69, 9.17) is 5.73 Å². The van der Waals surface area contributed by atoms with Crippen LogP contribution in [0.25, 0.3) is 0 Å². The van der Waals surface area contributed by atoms with Crippen LogP contribution in [-0.4, -0.2) is 22.9 Å². The van der Waals surface area contributed by atoms with Crippen LogP contribution in [0.1, 0.15) is 24.2 Å². The average molecular weight is 353 g/mol. The number of carbonyl (C=O) groups is 1. The number of carbonyl (C=O) groups excluding carboxylic acids is 1. The lowest BCUT2D eigenvalue weighted by molar-refractivity contribution is -0.385. The Hall–Kier alpha value is -1.18. The van der Waals surface area contributed by atoms with E-state index in [0.29, 0.717) is 4.47 Å². The molecule has 0 saturated carbocycles. The fourth-order valence-electron chi connectivity index (χ4n) is 1.25. The van der Waals surface area contributed by atoms with Gasteiger partial charge >= 0.3 is 0 Å². The predicted molar refractivity (Wildman–Crippen MR) is 78.6 cm³/mol. The SMILES string of the molecule is CC(C)(N)CNC(=O)c1ccc(Br)cc1[N+](=O)[O-].Cl. The third-order valence-electron chi connectivity index (χ3n) is 2.11. The largest absolute Gasteiger partial charge is 0.350 e. The molecule has 8 heteroatoms. The molecule has 0 aliphatic heterocycles. The fourth-order valence-corrected chi connectivity index (χ4v) is 1.60. The quantitative estimate of drug-likeness (QED) is 0.641. The molecular formula is C11H15BrClN3O3. The number of amides is 1. The van der Waals surface area contributed by atoms with Crippen molar-refractivity contribution < 1.29 is 9.72 Å². The van der Waals surface area contributed by atoms with Crippen molar-refractivity contribution >= 4 is 39.9 Å². The summed E-state index contributed by atoms with van der Waals surface area (Å²) in [4.78, 5) is 22.1. The summed E-state index contributed by atoms with van der Waals surface area (Å²) in [7, 11) is 0. The summed E-state index contributed by atoms with van der Waals surface area (Å²) in [5.41, 5.74) is 4.94. The number of hydrogen-bond acceptors (Lipinski definition) is 4. The van der Waals surface area contributed by atoms with Gasteiger partial charge in [-0.25, -0.2) is 0 Å². The molecule has 0 aromatic heterocycles. The Labute approximate surface area is 125 Å². The first-order valence-corrected chi connectivity index (χ1v) is 6.01. The summed E-state index contributed by atoms with van der Waals surface area (Å²) in [6.45, 7) is 3.74.